The van der Waals surface area contributed by atoms with Gasteiger partial charge in [0, 0.05) is 24.7 Å². The van der Waals surface area contributed by atoms with E-state index >= 15 is 0 Å². The number of hydrogen-bond donors (Lipinski definition) is 1. The van der Waals surface area contributed by atoms with Crippen molar-refractivity contribution in [1.82, 2.24) is 4.90 Å². The lowest BCUT2D eigenvalue weighted by Crippen LogP contribution is -2.50. The third kappa shape index (κ3) is 3.22. The Kier molecular flexibility index (Phi) is 4.71. The minimum absolute atomic E-state index is 0.0547. The van der Waals surface area contributed by atoms with Gasteiger partial charge in [0.25, 0.3) is 5.91 Å². The molecule has 2 rings (SSSR count). The molecule has 0 aliphatic heterocycles. The molecule has 0 radical (unpaired) electrons. The summed E-state index contributed by atoms with van der Waals surface area (Å²) in [6.45, 7) is 0. The highest BCUT2D eigenvalue weighted by Gasteiger charge is 2.28. The Labute approximate surface area is 123 Å². The minimum Gasteiger partial charge on any atom is -0.337 e. The smallest absolute Gasteiger partial charge is 0.253 e. The van der Waals surface area contributed by atoms with Crippen LogP contribution in [0.5, 0.6) is 0 Å². The Bertz CT molecular complexity index is 479. The first-order valence-electron chi connectivity index (χ1n) is 6.48. The van der Waals surface area contributed by atoms with Crippen LogP contribution < -0.4 is 5.73 Å². The van der Waals surface area contributed by atoms with E-state index < -0.39 is 0 Å². The van der Waals surface area contributed by atoms with Crippen LogP contribution in [-0.2, 0) is 0 Å². The van der Waals surface area contributed by atoms with Crippen LogP contribution in [-0.4, -0.2) is 29.9 Å². The molecule has 0 spiro atoms. The highest BCUT2D eigenvalue weighted by Crippen LogP contribution is 2.25. The van der Waals surface area contributed by atoms with Gasteiger partial charge in [-0.1, -0.05) is 36.0 Å². The summed E-state index contributed by atoms with van der Waals surface area (Å²) in [7, 11) is 1.81. The average Bonchev–Trinajstić information content (AvgIpc) is 2.41. The molecule has 0 unspecified atom stereocenters. The summed E-state index contributed by atoms with van der Waals surface area (Å²) in [6.07, 6.45) is 4.21. The van der Waals surface area contributed by atoms with Crippen molar-refractivity contribution in [3.63, 3.8) is 0 Å². The lowest BCUT2D eigenvalue weighted by molar-refractivity contribution is 0.0672. The van der Waals surface area contributed by atoms with Gasteiger partial charge in [0.2, 0.25) is 0 Å². The molecule has 2 N–H and O–H groups in total. The molecule has 1 amide bonds. The fraction of sp³-hybridized carbons (Fsp3) is 0.500. The SMILES string of the molecule is CN(C(=O)c1ccc(Cl)c(Cl)c1)[C@@H]1CCCC[C@H]1N. The Hall–Kier alpha value is -0.770. The first-order valence-corrected chi connectivity index (χ1v) is 7.24. The largest absolute Gasteiger partial charge is 0.337 e. The number of nitrogens with zero attached hydrogens (tertiary/aromatic N) is 1. The Morgan fingerprint density at radius 3 is 2.58 bits per heavy atom. The third-order valence-electron chi connectivity index (χ3n) is 3.77. The molecule has 104 valence electrons. The molecule has 1 fully saturated rings. The van der Waals surface area contributed by atoms with Gasteiger partial charge in [-0.2, -0.15) is 0 Å². The lowest BCUT2D eigenvalue weighted by atomic mass is 9.90. The molecule has 0 bridgehead atoms. The van der Waals surface area contributed by atoms with E-state index in [1.807, 2.05) is 0 Å². The van der Waals surface area contributed by atoms with Crippen LogP contribution in [0.1, 0.15) is 36.0 Å². The number of halogens is 2. The van der Waals surface area contributed by atoms with E-state index in [2.05, 4.69) is 0 Å². The van der Waals surface area contributed by atoms with Crippen molar-refractivity contribution in [1.29, 1.82) is 0 Å². The number of hydrogen-bond acceptors (Lipinski definition) is 2. The topological polar surface area (TPSA) is 46.3 Å². The van der Waals surface area contributed by atoms with Crippen LogP contribution in [0.4, 0.5) is 0 Å². The monoisotopic (exact) mass is 300 g/mol. The van der Waals surface area contributed by atoms with Gasteiger partial charge in [0.05, 0.1) is 10.0 Å². The van der Waals surface area contributed by atoms with Crippen molar-refractivity contribution in [3.05, 3.63) is 33.8 Å². The summed E-state index contributed by atoms with van der Waals surface area (Å²) in [5.74, 6) is -0.0547. The maximum atomic E-state index is 12.4. The molecule has 2 atom stereocenters. The predicted molar refractivity (Wildman–Crippen MR) is 78.8 cm³/mol. The van der Waals surface area contributed by atoms with Crippen molar-refractivity contribution < 1.29 is 4.79 Å². The molecule has 1 aromatic carbocycles. The molecule has 0 saturated heterocycles. The van der Waals surface area contributed by atoms with Gasteiger partial charge in [0.1, 0.15) is 0 Å². The van der Waals surface area contributed by atoms with E-state index in [0.29, 0.717) is 15.6 Å². The zero-order valence-electron chi connectivity index (χ0n) is 10.9. The molecule has 1 aliphatic carbocycles. The van der Waals surface area contributed by atoms with Gasteiger partial charge in [-0.25, -0.2) is 0 Å². The second-order valence-corrected chi connectivity index (χ2v) is 5.88. The summed E-state index contributed by atoms with van der Waals surface area (Å²) >= 11 is 11.8. The maximum Gasteiger partial charge on any atom is 0.253 e. The molecule has 1 saturated carbocycles. The van der Waals surface area contributed by atoms with Crippen molar-refractivity contribution in [2.24, 2.45) is 5.73 Å². The molecule has 19 heavy (non-hydrogen) atoms. The summed E-state index contributed by atoms with van der Waals surface area (Å²) in [5, 5.41) is 0.851. The van der Waals surface area contributed by atoms with Crippen LogP contribution in [0, 0.1) is 0 Å². The summed E-state index contributed by atoms with van der Waals surface area (Å²) in [5.41, 5.74) is 6.66. The van der Waals surface area contributed by atoms with Crippen molar-refractivity contribution in [2.75, 3.05) is 7.05 Å². The highest BCUT2D eigenvalue weighted by atomic mass is 35.5. The fourth-order valence-corrected chi connectivity index (χ4v) is 2.90. The van der Waals surface area contributed by atoms with E-state index in [9.17, 15) is 4.79 Å². The number of nitrogens with two attached hydrogens (primary N) is 1. The van der Waals surface area contributed by atoms with Crippen molar-refractivity contribution in [2.45, 2.75) is 37.8 Å². The molecule has 0 heterocycles. The van der Waals surface area contributed by atoms with E-state index in [1.54, 1.807) is 30.1 Å². The van der Waals surface area contributed by atoms with Gasteiger partial charge in [-0.3, -0.25) is 4.79 Å². The normalized spacial score (nSPS) is 23.2. The standard InChI is InChI=1S/C14H18Cl2N2O/c1-18(13-5-3-2-4-12(13)17)14(19)9-6-7-10(15)11(16)8-9/h6-8,12-13H,2-5,17H2,1H3/t12-,13-/m1/s1. The second kappa shape index (κ2) is 6.12. The van der Waals surface area contributed by atoms with E-state index in [-0.39, 0.29) is 18.0 Å². The summed E-state index contributed by atoms with van der Waals surface area (Å²) in [4.78, 5) is 14.2. The Morgan fingerprint density at radius 2 is 1.95 bits per heavy atom. The molecule has 5 heteroatoms. The number of carbonyl (C=O) groups excluding carboxylic acids is 1. The quantitative estimate of drug-likeness (QED) is 0.910. The van der Waals surface area contributed by atoms with Crippen LogP contribution in [0.2, 0.25) is 10.0 Å². The van der Waals surface area contributed by atoms with Crippen LogP contribution in [0.15, 0.2) is 18.2 Å². The number of carbonyl (C=O) groups is 1. The van der Waals surface area contributed by atoms with Crippen molar-refractivity contribution in [3.8, 4) is 0 Å². The molecular weight excluding hydrogens is 283 g/mol. The predicted octanol–water partition coefficient (Wildman–Crippen LogP) is 3.34. The third-order valence-corrected chi connectivity index (χ3v) is 4.50. The van der Waals surface area contributed by atoms with Gasteiger partial charge in [0.15, 0.2) is 0 Å². The van der Waals surface area contributed by atoms with Crippen molar-refractivity contribution >= 4 is 29.1 Å². The van der Waals surface area contributed by atoms with Gasteiger partial charge in [-0.15, -0.1) is 0 Å². The van der Waals surface area contributed by atoms with E-state index in [0.717, 1.165) is 25.7 Å². The molecule has 1 aromatic rings. The number of rotatable bonds is 2. The van der Waals surface area contributed by atoms with Crippen LogP contribution in [0.3, 0.4) is 0 Å². The van der Waals surface area contributed by atoms with Crippen LogP contribution >= 0.6 is 23.2 Å². The molecular formula is C14H18Cl2N2O. The van der Waals surface area contributed by atoms with Gasteiger partial charge in [-0.05, 0) is 31.0 Å². The van der Waals surface area contributed by atoms with E-state index in [4.69, 9.17) is 28.9 Å². The number of benzene rings is 1. The second-order valence-electron chi connectivity index (χ2n) is 5.06. The number of amides is 1. The van der Waals surface area contributed by atoms with Gasteiger partial charge >= 0.3 is 0 Å². The molecule has 1 aliphatic rings. The average molecular weight is 301 g/mol. The first-order chi connectivity index (χ1) is 9.00. The minimum atomic E-state index is -0.0547. The summed E-state index contributed by atoms with van der Waals surface area (Å²) in [6, 6.07) is 5.12. The zero-order chi connectivity index (χ0) is 14.0. The Morgan fingerprint density at radius 1 is 1.26 bits per heavy atom. The highest BCUT2D eigenvalue weighted by molar-refractivity contribution is 6.42. The van der Waals surface area contributed by atoms with Crippen LogP contribution in [0.25, 0.3) is 0 Å². The zero-order valence-corrected chi connectivity index (χ0v) is 12.4. The Balaban J connectivity index is 2.15. The lowest BCUT2D eigenvalue weighted by Gasteiger charge is -2.36. The maximum absolute atomic E-state index is 12.4. The summed E-state index contributed by atoms with van der Waals surface area (Å²) < 4.78 is 0. The fourth-order valence-electron chi connectivity index (χ4n) is 2.60. The van der Waals surface area contributed by atoms with E-state index in [1.165, 1.54) is 0 Å². The molecule has 0 aromatic heterocycles. The number of likely N-dealkylation sites (N-methyl/N-ethyl adjacent to an activating group) is 1. The van der Waals surface area contributed by atoms with Gasteiger partial charge < -0.3 is 10.6 Å². The first kappa shape index (κ1) is 14.6. The molecule has 3 nitrogen and oxygen atoms in total.